The third-order valence-corrected chi connectivity index (χ3v) is 3.29. The van der Waals surface area contributed by atoms with Gasteiger partial charge >= 0.3 is 0 Å². The number of anilines is 2. The van der Waals surface area contributed by atoms with Crippen molar-refractivity contribution < 1.29 is 4.79 Å². The van der Waals surface area contributed by atoms with Crippen molar-refractivity contribution in [2.45, 2.75) is 13.5 Å². The van der Waals surface area contributed by atoms with Crippen LogP contribution in [0.25, 0.3) is 0 Å². The molecule has 0 aliphatic heterocycles. The molecule has 0 spiro atoms. The number of rotatable bonds is 4. The normalized spacial score (nSPS) is 10.5. The van der Waals surface area contributed by atoms with Crippen LogP contribution in [0.3, 0.4) is 0 Å². The first-order valence-corrected chi connectivity index (χ1v) is 6.72. The van der Waals surface area contributed by atoms with Gasteiger partial charge in [-0.2, -0.15) is 5.10 Å². The first-order chi connectivity index (χ1) is 9.88. The summed E-state index contributed by atoms with van der Waals surface area (Å²) in [6.45, 7) is 2.58. The lowest BCUT2D eigenvalue weighted by Gasteiger charge is -2.14. The number of hydrogen-bond donors (Lipinski definition) is 2. The van der Waals surface area contributed by atoms with E-state index in [-0.39, 0.29) is 5.91 Å². The molecular formula is C15H21N5O. The van der Waals surface area contributed by atoms with E-state index in [9.17, 15) is 4.79 Å². The molecule has 6 heteroatoms. The van der Waals surface area contributed by atoms with Gasteiger partial charge in [-0.25, -0.2) is 0 Å². The number of aryl methyl sites for hydroxylation is 2. The molecular weight excluding hydrogens is 266 g/mol. The van der Waals surface area contributed by atoms with E-state index < -0.39 is 0 Å². The number of nitrogens with zero attached hydrogens (tertiary/aromatic N) is 3. The summed E-state index contributed by atoms with van der Waals surface area (Å²) in [5.74, 6) is -0.0457. The number of nitrogens with one attached hydrogen (secondary N) is 1. The Balaban J connectivity index is 2.18. The molecule has 0 fully saturated rings. The quantitative estimate of drug-likeness (QED) is 0.838. The van der Waals surface area contributed by atoms with Crippen LogP contribution in [0.5, 0.6) is 0 Å². The number of carbonyl (C=O) groups excluding carboxylic acids is 1. The van der Waals surface area contributed by atoms with Crippen LogP contribution in [0, 0.1) is 6.92 Å². The Morgan fingerprint density at radius 3 is 2.71 bits per heavy atom. The predicted molar refractivity (Wildman–Crippen MR) is 84.1 cm³/mol. The lowest BCUT2D eigenvalue weighted by Crippen LogP contribution is -2.21. The van der Waals surface area contributed by atoms with Crippen LogP contribution < -0.4 is 11.1 Å². The molecule has 0 bridgehead atoms. The second-order valence-corrected chi connectivity index (χ2v) is 5.27. The van der Waals surface area contributed by atoms with Gasteiger partial charge in [0, 0.05) is 45.0 Å². The summed E-state index contributed by atoms with van der Waals surface area (Å²) in [4.78, 5) is 13.5. The van der Waals surface area contributed by atoms with E-state index in [4.69, 9.17) is 5.73 Å². The fraction of sp³-hybridized carbons (Fsp3) is 0.333. The van der Waals surface area contributed by atoms with Gasteiger partial charge < -0.3 is 16.0 Å². The van der Waals surface area contributed by atoms with E-state index in [1.807, 2.05) is 20.2 Å². The number of hydrogen-bond acceptors (Lipinski definition) is 4. The highest BCUT2D eigenvalue weighted by atomic mass is 16.2. The molecule has 0 aliphatic rings. The van der Waals surface area contributed by atoms with E-state index in [2.05, 4.69) is 10.4 Å². The second kappa shape index (κ2) is 5.87. The van der Waals surface area contributed by atoms with E-state index >= 15 is 0 Å². The molecule has 0 radical (unpaired) electrons. The van der Waals surface area contributed by atoms with Crippen LogP contribution in [-0.2, 0) is 13.6 Å². The van der Waals surface area contributed by atoms with Gasteiger partial charge in [-0.3, -0.25) is 9.48 Å². The monoisotopic (exact) mass is 287 g/mol. The number of nitrogen functional groups attached to an aromatic ring is 1. The highest BCUT2D eigenvalue weighted by Crippen LogP contribution is 2.22. The minimum absolute atomic E-state index is 0.0457. The van der Waals surface area contributed by atoms with Crippen LogP contribution in [0.2, 0.25) is 0 Å². The van der Waals surface area contributed by atoms with Crippen LogP contribution >= 0.6 is 0 Å². The highest BCUT2D eigenvalue weighted by Gasteiger charge is 2.11. The number of aromatic nitrogens is 2. The highest BCUT2D eigenvalue weighted by molar-refractivity contribution is 5.95. The molecule has 2 rings (SSSR count). The van der Waals surface area contributed by atoms with Crippen molar-refractivity contribution in [1.82, 2.24) is 14.7 Å². The predicted octanol–water partition coefficient (Wildman–Crippen LogP) is 1.62. The molecule has 2 aromatic rings. The van der Waals surface area contributed by atoms with Crippen molar-refractivity contribution in [3.05, 3.63) is 41.2 Å². The third-order valence-electron chi connectivity index (χ3n) is 3.29. The molecule has 1 aromatic heterocycles. The van der Waals surface area contributed by atoms with Crippen molar-refractivity contribution in [3.8, 4) is 0 Å². The summed E-state index contributed by atoms with van der Waals surface area (Å²) in [5.41, 5.74) is 10.0. The van der Waals surface area contributed by atoms with Gasteiger partial charge in [-0.1, -0.05) is 0 Å². The Morgan fingerprint density at radius 1 is 1.43 bits per heavy atom. The van der Waals surface area contributed by atoms with Gasteiger partial charge in [0.15, 0.2) is 0 Å². The van der Waals surface area contributed by atoms with Crippen LogP contribution in [0.15, 0.2) is 24.4 Å². The molecule has 1 aromatic carbocycles. The summed E-state index contributed by atoms with van der Waals surface area (Å²) >= 11 is 0. The second-order valence-electron chi connectivity index (χ2n) is 5.27. The number of nitrogens with two attached hydrogens (primary N) is 1. The Labute approximate surface area is 124 Å². The zero-order valence-corrected chi connectivity index (χ0v) is 12.8. The maximum atomic E-state index is 12.0. The standard InChI is InChI=1S/C15H21N5O/c1-10-12(9-20(4)18-10)8-17-14-7-11(5-6-13(14)16)15(21)19(2)3/h5-7,9,17H,8,16H2,1-4H3. The Hall–Kier alpha value is -2.50. The molecule has 0 unspecified atom stereocenters. The molecule has 3 N–H and O–H groups in total. The van der Waals surface area contributed by atoms with Crippen molar-refractivity contribution in [2.24, 2.45) is 7.05 Å². The fourth-order valence-corrected chi connectivity index (χ4v) is 2.11. The van der Waals surface area contributed by atoms with Crippen molar-refractivity contribution >= 4 is 17.3 Å². The topological polar surface area (TPSA) is 76.2 Å². The SMILES string of the molecule is Cc1nn(C)cc1CNc1cc(C(=O)N(C)C)ccc1N. The van der Waals surface area contributed by atoms with Gasteiger partial charge in [0.05, 0.1) is 17.1 Å². The summed E-state index contributed by atoms with van der Waals surface area (Å²) in [6, 6.07) is 5.26. The Kier molecular flexibility index (Phi) is 4.16. The summed E-state index contributed by atoms with van der Waals surface area (Å²) in [7, 11) is 5.34. The molecule has 1 heterocycles. The van der Waals surface area contributed by atoms with Crippen molar-refractivity contribution in [2.75, 3.05) is 25.1 Å². The average Bonchev–Trinajstić information content (AvgIpc) is 2.75. The lowest BCUT2D eigenvalue weighted by atomic mass is 10.1. The average molecular weight is 287 g/mol. The van der Waals surface area contributed by atoms with Gasteiger partial charge in [0.1, 0.15) is 0 Å². The summed E-state index contributed by atoms with van der Waals surface area (Å²) < 4.78 is 1.78. The van der Waals surface area contributed by atoms with Crippen molar-refractivity contribution in [3.63, 3.8) is 0 Å². The number of benzene rings is 1. The van der Waals surface area contributed by atoms with E-state index in [1.165, 1.54) is 0 Å². The Bertz CT molecular complexity index is 660. The van der Waals surface area contributed by atoms with Gasteiger partial charge in [-0.15, -0.1) is 0 Å². The van der Waals surface area contributed by atoms with Gasteiger partial charge in [0.2, 0.25) is 0 Å². The first kappa shape index (κ1) is 14.9. The van der Waals surface area contributed by atoms with Gasteiger partial charge in [-0.05, 0) is 25.1 Å². The van der Waals surface area contributed by atoms with Crippen LogP contribution in [-0.4, -0.2) is 34.7 Å². The largest absolute Gasteiger partial charge is 0.397 e. The van der Waals surface area contributed by atoms with Crippen molar-refractivity contribution in [1.29, 1.82) is 0 Å². The van der Waals surface area contributed by atoms with Crippen LogP contribution in [0.1, 0.15) is 21.6 Å². The third kappa shape index (κ3) is 3.34. The zero-order valence-electron chi connectivity index (χ0n) is 12.8. The minimum Gasteiger partial charge on any atom is -0.397 e. The van der Waals surface area contributed by atoms with E-state index in [0.717, 1.165) is 16.9 Å². The Morgan fingerprint density at radius 2 is 2.14 bits per heavy atom. The van der Waals surface area contributed by atoms with E-state index in [0.29, 0.717) is 17.8 Å². The maximum absolute atomic E-state index is 12.0. The smallest absolute Gasteiger partial charge is 0.253 e. The number of amides is 1. The molecule has 0 saturated heterocycles. The maximum Gasteiger partial charge on any atom is 0.253 e. The zero-order chi connectivity index (χ0) is 15.6. The minimum atomic E-state index is -0.0457. The lowest BCUT2D eigenvalue weighted by molar-refractivity contribution is 0.0827. The molecule has 112 valence electrons. The van der Waals surface area contributed by atoms with E-state index in [1.54, 1.807) is 41.9 Å². The summed E-state index contributed by atoms with van der Waals surface area (Å²) in [6.07, 6.45) is 1.97. The van der Waals surface area contributed by atoms with Crippen LogP contribution in [0.4, 0.5) is 11.4 Å². The molecule has 0 atom stereocenters. The molecule has 6 nitrogen and oxygen atoms in total. The molecule has 0 saturated carbocycles. The molecule has 21 heavy (non-hydrogen) atoms. The van der Waals surface area contributed by atoms with Gasteiger partial charge in [0.25, 0.3) is 5.91 Å². The fourth-order valence-electron chi connectivity index (χ4n) is 2.11. The first-order valence-electron chi connectivity index (χ1n) is 6.72. The number of carbonyl (C=O) groups is 1. The molecule has 0 aliphatic carbocycles. The molecule has 1 amide bonds. The summed E-state index contributed by atoms with van der Waals surface area (Å²) in [5, 5.41) is 7.57.